The third-order valence-electron chi connectivity index (χ3n) is 4.10. The highest BCUT2D eigenvalue weighted by Gasteiger charge is 2.15. The summed E-state index contributed by atoms with van der Waals surface area (Å²) in [6.45, 7) is 2.42. The van der Waals surface area contributed by atoms with Crippen LogP contribution in [0.3, 0.4) is 0 Å². The summed E-state index contributed by atoms with van der Waals surface area (Å²) in [5, 5.41) is 15.8. The van der Waals surface area contributed by atoms with Gasteiger partial charge in [-0.25, -0.2) is 4.98 Å². The van der Waals surface area contributed by atoms with Crippen LogP contribution in [-0.4, -0.2) is 33.7 Å². The van der Waals surface area contributed by atoms with Crippen LogP contribution in [0.5, 0.6) is 0 Å². The number of para-hydroxylation sites is 2. The lowest BCUT2D eigenvalue weighted by atomic mass is 10.1. The molecule has 1 amide bonds. The number of aliphatic hydroxyl groups excluding tert-OH is 1. The number of amides is 1. The van der Waals surface area contributed by atoms with Crippen molar-refractivity contribution in [3.63, 3.8) is 0 Å². The minimum atomic E-state index is -0.136. The van der Waals surface area contributed by atoms with E-state index in [1.165, 1.54) is 0 Å². The number of imidazole rings is 1. The van der Waals surface area contributed by atoms with Crippen molar-refractivity contribution in [3.05, 3.63) is 59.1 Å². The number of rotatable bonds is 7. The summed E-state index contributed by atoms with van der Waals surface area (Å²) in [7, 11) is 0. The maximum atomic E-state index is 12.6. The van der Waals surface area contributed by atoms with Crippen LogP contribution in [-0.2, 0) is 11.3 Å². The molecule has 26 heavy (non-hydrogen) atoms. The second-order valence-corrected chi connectivity index (χ2v) is 6.44. The fourth-order valence-electron chi connectivity index (χ4n) is 2.80. The molecule has 1 unspecified atom stereocenters. The monoisotopic (exact) mass is 372 g/mol. The number of benzene rings is 2. The van der Waals surface area contributed by atoms with Gasteiger partial charge in [-0.05, 0) is 36.8 Å². The average Bonchev–Trinajstić information content (AvgIpc) is 2.98. The van der Waals surface area contributed by atoms with Gasteiger partial charge in [0.1, 0.15) is 6.54 Å². The first-order chi connectivity index (χ1) is 12.6. The van der Waals surface area contributed by atoms with E-state index in [1.54, 1.807) is 12.1 Å². The first-order valence-corrected chi connectivity index (χ1v) is 8.81. The second-order valence-electron chi connectivity index (χ2n) is 6.00. The number of anilines is 1. The van der Waals surface area contributed by atoms with Gasteiger partial charge in [0, 0.05) is 11.6 Å². The number of aromatic nitrogens is 2. The molecule has 0 bridgehead atoms. The Bertz CT molecular complexity index is 892. The molecule has 0 fully saturated rings. The zero-order valence-electron chi connectivity index (χ0n) is 14.4. The van der Waals surface area contributed by atoms with E-state index in [2.05, 4.69) is 15.6 Å². The van der Waals surface area contributed by atoms with Crippen molar-refractivity contribution in [2.45, 2.75) is 19.5 Å². The van der Waals surface area contributed by atoms with Gasteiger partial charge in [-0.15, -0.1) is 0 Å². The van der Waals surface area contributed by atoms with Crippen LogP contribution in [0.2, 0.25) is 5.02 Å². The number of halogens is 1. The maximum Gasteiger partial charge on any atom is 0.240 e. The Balaban J connectivity index is 1.76. The van der Waals surface area contributed by atoms with Crippen molar-refractivity contribution in [2.24, 2.45) is 0 Å². The molecular weight excluding hydrogens is 352 g/mol. The fourth-order valence-corrected chi connectivity index (χ4v) is 2.93. The van der Waals surface area contributed by atoms with Gasteiger partial charge in [0.2, 0.25) is 11.9 Å². The molecule has 0 radical (unpaired) electrons. The number of nitrogens with zero attached hydrogens (tertiary/aromatic N) is 2. The Kier molecular flexibility index (Phi) is 5.75. The van der Waals surface area contributed by atoms with Crippen LogP contribution in [0.25, 0.3) is 11.0 Å². The summed E-state index contributed by atoms with van der Waals surface area (Å²) in [6.07, 6.45) is 0. The van der Waals surface area contributed by atoms with Crippen LogP contribution >= 0.6 is 11.6 Å². The Morgan fingerprint density at radius 2 is 1.96 bits per heavy atom. The van der Waals surface area contributed by atoms with Crippen LogP contribution < -0.4 is 10.6 Å². The molecule has 3 N–H and O–H groups in total. The molecule has 3 rings (SSSR count). The van der Waals surface area contributed by atoms with Gasteiger partial charge < -0.3 is 20.3 Å². The Labute approximate surface area is 156 Å². The van der Waals surface area contributed by atoms with E-state index >= 15 is 0 Å². The Hall–Kier alpha value is -2.57. The van der Waals surface area contributed by atoms with Gasteiger partial charge in [-0.3, -0.25) is 4.79 Å². The van der Waals surface area contributed by atoms with E-state index in [9.17, 15) is 4.79 Å². The molecule has 1 aromatic heterocycles. The fraction of sp³-hybridized carbons (Fsp3) is 0.263. The maximum absolute atomic E-state index is 12.6. The minimum Gasteiger partial charge on any atom is -0.395 e. The lowest BCUT2D eigenvalue weighted by molar-refractivity contribution is -0.122. The molecule has 2 aromatic carbocycles. The largest absolute Gasteiger partial charge is 0.395 e. The van der Waals surface area contributed by atoms with Crippen LogP contribution in [0.15, 0.2) is 48.5 Å². The number of hydrogen-bond acceptors (Lipinski definition) is 4. The van der Waals surface area contributed by atoms with E-state index in [0.717, 1.165) is 16.6 Å². The SMILES string of the molecule is CC(NC(=O)Cn1c(NCCO)nc2ccccc21)c1ccc(Cl)cc1. The zero-order valence-corrected chi connectivity index (χ0v) is 15.2. The van der Waals surface area contributed by atoms with Crippen molar-refractivity contribution in [2.75, 3.05) is 18.5 Å². The van der Waals surface area contributed by atoms with Gasteiger partial charge >= 0.3 is 0 Å². The highest BCUT2D eigenvalue weighted by Crippen LogP contribution is 2.20. The van der Waals surface area contributed by atoms with Crippen LogP contribution in [0, 0.1) is 0 Å². The smallest absolute Gasteiger partial charge is 0.240 e. The van der Waals surface area contributed by atoms with Gasteiger partial charge in [-0.1, -0.05) is 35.9 Å². The lowest BCUT2D eigenvalue weighted by Crippen LogP contribution is -2.30. The summed E-state index contributed by atoms with van der Waals surface area (Å²) < 4.78 is 1.81. The van der Waals surface area contributed by atoms with Gasteiger partial charge in [0.25, 0.3) is 0 Å². The average molecular weight is 373 g/mol. The number of carbonyl (C=O) groups is 1. The van der Waals surface area contributed by atoms with Crippen molar-refractivity contribution in [1.82, 2.24) is 14.9 Å². The minimum absolute atomic E-state index is 0.0109. The molecule has 3 aromatic rings. The number of nitrogens with one attached hydrogen (secondary N) is 2. The molecule has 0 aliphatic heterocycles. The Morgan fingerprint density at radius 3 is 2.69 bits per heavy atom. The molecule has 6 nitrogen and oxygen atoms in total. The number of fused-ring (bicyclic) bond motifs is 1. The molecule has 1 heterocycles. The Morgan fingerprint density at radius 1 is 1.23 bits per heavy atom. The third-order valence-corrected chi connectivity index (χ3v) is 4.35. The van der Waals surface area contributed by atoms with Crippen LogP contribution in [0.4, 0.5) is 5.95 Å². The van der Waals surface area contributed by atoms with E-state index in [1.807, 2.05) is 47.9 Å². The van der Waals surface area contributed by atoms with Gasteiger partial charge in [0.05, 0.1) is 23.7 Å². The molecule has 0 aliphatic carbocycles. The van der Waals surface area contributed by atoms with Crippen molar-refractivity contribution in [3.8, 4) is 0 Å². The van der Waals surface area contributed by atoms with Crippen molar-refractivity contribution >= 4 is 34.5 Å². The molecule has 1 atom stereocenters. The predicted molar refractivity (Wildman–Crippen MR) is 103 cm³/mol. The summed E-state index contributed by atoms with van der Waals surface area (Å²) in [6, 6.07) is 14.9. The molecule has 0 aliphatic rings. The van der Waals surface area contributed by atoms with Crippen LogP contribution in [0.1, 0.15) is 18.5 Å². The van der Waals surface area contributed by atoms with Crippen molar-refractivity contribution in [1.29, 1.82) is 0 Å². The van der Waals surface area contributed by atoms with Gasteiger partial charge in [-0.2, -0.15) is 0 Å². The lowest BCUT2D eigenvalue weighted by Gasteiger charge is -2.16. The topological polar surface area (TPSA) is 79.2 Å². The number of carbonyl (C=O) groups excluding carboxylic acids is 1. The molecule has 0 spiro atoms. The quantitative estimate of drug-likeness (QED) is 0.595. The van der Waals surface area contributed by atoms with E-state index < -0.39 is 0 Å². The summed E-state index contributed by atoms with van der Waals surface area (Å²) >= 11 is 5.91. The highest BCUT2D eigenvalue weighted by atomic mass is 35.5. The number of hydrogen-bond donors (Lipinski definition) is 3. The first-order valence-electron chi connectivity index (χ1n) is 8.43. The van der Waals surface area contributed by atoms with Gasteiger partial charge in [0.15, 0.2) is 0 Å². The first kappa shape index (κ1) is 18.2. The molecule has 136 valence electrons. The molecule has 0 saturated carbocycles. The third kappa shape index (κ3) is 4.15. The summed E-state index contributed by atoms with van der Waals surface area (Å²) in [5.74, 6) is 0.442. The van der Waals surface area contributed by atoms with E-state index in [0.29, 0.717) is 17.5 Å². The summed E-state index contributed by atoms with van der Waals surface area (Å²) in [4.78, 5) is 17.1. The standard InChI is InChI=1S/C19H21ClN4O2/c1-13(14-6-8-15(20)9-7-14)22-18(26)12-24-17-5-3-2-4-16(17)23-19(24)21-10-11-25/h2-9,13,25H,10-12H2,1H3,(H,21,23)(H,22,26). The second kappa shape index (κ2) is 8.21. The van der Waals surface area contributed by atoms with Crippen molar-refractivity contribution < 1.29 is 9.90 Å². The number of aliphatic hydroxyl groups is 1. The normalized spacial score (nSPS) is 12.1. The highest BCUT2D eigenvalue weighted by molar-refractivity contribution is 6.30. The van der Waals surface area contributed by atoms with E-state index in [4.69, 9.17) is 16.7 Å². The van der Waals surface area contributed by atoms with E-state index in [-0.39, 0.29) is 25.1 Å². The molecule has 0 saturated heterocycles. The zero-order chi connectivity index (χ0) is 18.5. The predicted octanol–water partition coefficient (Wildman–Crippen LogP) is 2.97. The molecular formula is C19H21ClN4O2. The summed E-state index contributed by atoms with van der Waals surface area (Å²) in [5.41, 5.74) is 2.64. The molecule has 7 heteroatoms.